The van der Waals surface area contributed by atoms with Gasteiger partial charge in [0.15, 0.2) is 0 Å². The highest BCUT2D eigenvalue weighted by Crippen LogP contribution is 2.44. The summed E-state index contributed by atoms with van der Waals surface area (Å²) in [5.74, 6) is 0.658. The normalized spacial score (nSPS) is 15.4. The van der Waals surface area contributed by atoms with E-state index in [4.69, 9.17) is 15.2 Å². The summed E-state index contributed by atoms with van der Waals surface area (Å²) in [5, 5.41) is 12.5. The summed E-state index contributed by atoms with van der Waals surface area (Å²) in [6.07, 6.45) is 0. The molecule has 0 amide bonds. The predicted octanol–water partition coefficient (Wildman–Crippen LogP) is 4.30. The number of fused-ring (bicyclic) bond motifs is 4. The fourth-order valence-electron chi connectivity index (χ4n) is 4.18. The van der Waals surface area contributed by atoms with Crippen LogP contribution in [-0.4, -0.2) is 11.6 Å². The van der Waals surface area contributed by atoms with Crippen LogP contribution in [0.3, 0.4) is 0 Å². The lowest BCUT2D eigenvalue weighted by atomic mass is 9.82. The van der Waals surface area contributed by atoms with Gasteiger partial charge < -0.3 is 20.2 Å². The molecule has 0 fully saturated rings. The minimum atomic E-state index is -0.637. The Hall–Kier alpha value is -4.24. The number of hydrogen-bond donors (Lipinski definition) is 2. The number of nitrogens with two attached hydrogens (primary N) is 1. The maximum atomic E-state index is 13.1. The van der Waals surface area contributed by atoms with Crippen LogP contribution in [0.15, 0.2) is 76.9 Å². The maximum absolute atomic E-state index is 13.1. The Bertz CT molecular complexity index is 1480. The van der Waals surface area contributed by atoms with Gasteiger partial charge in [-0.2, -0.15) is 5.26 Å². The van der Waals surface area contributed by atoms with Crippen molar-refractivity contribution in [3.05, 3.63) is 93.6 Å². The number of nitriles is 1. The van der Waals surface area contributed by atoms with Gasteiger partial charge in [0.05, 0.1) is 12.5 Å². The molecule has 6 nitrogen and oxygen atoms in total. The Morgan fingerprint density at radius 1 is 1.10 bits per heavy atom. The van der Waals surface area contributed by atoms with Crippen molar-refractivity contribution >= 4 is 21.7 Å². The lowest BCUT2D eigenvalue weighted by molar-refractivity contribution is 0.340. The van der Waals surface area contributed by atoms with E-state index in [0.29, 0.717) is 29.2 Å². The van der Waals surface area contributed by atoms with E-state index in [1.54, 1.807) is 6.07 Å². The Labute approximate surface area is 178 Å². The molecule has 3 aromatic carbocycles. The number of rotatable bonds is 3. The quantitative estimate of drug-likeness (QED) is 0.525. The van der Waals surface area contributed by atoms with Gasteiger partial charge in [0.1, 0.15) is 23.1 Å². The molecule has 0 unspecified atom stereocenters. The molecule has 0 bridgehead atoms. The van der Waals surface area contributed by atoms with Crippen molar-refractivity contribution in [2.24, 2.45) is 5.73 Å². The number of nitrogens with zero attached hydrogens (tertiary/aromatic N) is 1. The van der Waals surface area contributed by atoms with Gasteiger partial charge in [0.2, 0.25) is 5.88 Å². The average Bonchev–Trinajstić information content (AvgIpc) is 2.78. The maximum Gasteiger partial charge on any atom is 0.252 e. The Balaban J connectivity index is 1.78. The van der Waals surface area contributed by atoms with Crippen LogP contribution in [0, 0.1) is 11.3 Å². The molecule has 5 rings (SSSR count). The molecule has 1 aromatic heterocycles. The summed E-state index contributed by atoms with van der Waals surface area (Å²) in [7, 11) is 0. The van der Waals surface area contributed by atoms with E-state index in [0.717, 1.165) is 21.7 Å². The molecule has 4 aromatic rings. The summed E-state index contributed by atoms with van der Waals surface area (Å²) in [6, 6.07) is 21.1. The number of nitrogens with one attached hydrogen (secondary N) is 1. The average molecular weight is 409 g/mol. The molecule has 3 N–H and O–H groups in total. The third-order valence-electron chi connectivity index (χ3n) is 5.57. The zero-order valence-electron chi connectivity index (χ0n) is 16.8. The summed E-state index contributed by atoms with van der Waals surface area (Å²) in [6.45, 7) is 2.46. The van der Waals surface area contributed by atoms with Crippen molar-refractivity contribution in [2.75, 3.05) is 6.61 Å². The highest BCUT2D eigenvalue weighted by Gasteiger charge is 2.33. The predicted molar refractivity (Wildman–Crippen MR) is 119 cm³/mol. The number of aromatic amines is 1. The number of allylic oxidation sites excluding steroid dienone is 1. The molecule has 0 radical (unpaired) electrons. The first-order valence-corrected chi connectivity index (χ1v) is 9.99. The second-order valence-corrected chi connectivity index (χ2v) is 7.37. The fraction of sp³-hybridized carbons (Fsp3) is 0.120. The van der Waals surface area contributed by atoms with Crippen molar-refractivity contribution in [1.82, 2.24) is 4.98 Å². The van der Waals surface area contributed by atoms with Gasteiger partial charge in [-0.1, -0.05) is 36.4 Å². The molecule has 152 valence electrons. The first-order valence-electron chi connectivity index (χ1n) is 9.99. The molecule has 2 heterocycles. The van der Waals surface area contributed by atoms with Crippen molar-refractivity contribution < 1.29 is 9.47 Å². The van der Waals surface area contributed by atoms with Crippen molar-refractivity contribution in [2.45, 2.75) is 12.8 Å². The smallest absolute Gasteiger partial charge is 0.252 e. The Morgan fingerprint density at radius 2 is 1.94 bits per heavy atom. The topological polar surface area (TPSA) is 101 Å². The zero-order chi connectivity index (χ0) is 21.5. The summed E-state index contributed by atoms with van der Waals surface area (Å²) >= 11 is 0. The van der Waals surface area contributed by atoms with E-state index < -0.39 is 5.92 Å². The van der Waals surface area contributed by atoms with Gasteiger partial charge in [0.25, 0.3) is 5.56 Å². The number of aromatic nitrogens is 1. The number of pyridine rings is 1. The standard InChI is InChI=1S/C25H19N3O3/c1-2-30-16-8-10-21-15(11-16)12-19(25(29)28-21)22-18-9-7-14-5-3-4-6-17(14)23(18)31-24(27)20(22)13-26/h3-12,22H,2,27H2,1H3,(H,28,29)/t22-/m1/s1. The van der Waals surface area contributed by atoms with E-state index in [1.807, 2.05) is 61.5 Å². The van der Waals surface area contributed by atoms with E-state index in [2.05, 4.69) is 11.1 Å². The lowest BCUT2D eigenvalue weighted by Crippen LogP contribution is -2.25. The van der Waals surface area contributed by atoms with Crippen molar-refractivity contribution in [3.8, 4) is 17.6 Å². The van der Waals surface area contributed by atoms with Gasteiger partial charge in [-0.05, 0) is 36.6 Å². The molecule has 1 aliphatic rings. The van der Waals surface area contributed by atoms with Crippen LogP contribution in [0.2, 0.25) is 0 Å². The minimum Gasteiger partial charge on any atom is -0.494 e. The van der Waals surface area contributed by atoms with E-state index in [-0.39, 0.29) is 17.0 Å². The van der Waals surface area contributed by atoms with Gasteiger partial charge >= 0.3 is 0 Å². The highest BCUT2D eigenvalue weighted by molar-refractivity contribution is 5.91. The van der Waals surface area contributed by atoms with Crippen LogP contribution in [0.5, 0.6) is 11.5 Å². The largest absolute Gasteiger partial charge is 0.494 e. The van der Waals surface area contributed by atoms with Gasteiger partial charge in [-0.15, -0.1) is 0 Å². The first kappa shape index (κ1) is 18.8. The van der Waals surface area contributed by atoms with E-state index in [9.17, 15) is 10.1 Å². The van der Waals surface area contributed by atoms with Gasteiger partial charge in [0, 0.05) is 27.4 Å². The van der Waals surface area contributed by atoms with Crippen molar-refractivity contribution in [3.63, 3.8) is 0 Å². The molecule has 1 atom stereocenters. The molecule has 6 heteroatoms. The second kappa shape index (κ2) is 7.22. The number of ether oxygens (including phenoxy) is 2. The summed E-state index contributed by atoms with van der Waals surface area (Å²) in [4.78, 5) is 16.0. The molecular weight excluding hydrogens is 390 g/mol. The zero-order valence-corrected chi connectivity index (χ0v) is 16.8. The van der Waals surface area contributed by atoms with Gasteiger partial charge in [-0.25, -0.2) is 0 Å². The molecule has 0 saturated heterocycles. The molecule has 0 aliphatic carbocycles. The van der Waals surface area contributed by atoms with Crippen LogP contribution in [0.4, 0.5) is 0 Å². The van der Waals surface area contributed by atoms with Crippen LogP contribution < -0.4 is 20.8 Å². The minimum absolute atomic E-state index is 0.0129. The van der Waals surface area contributed by atoms with Crippen LogP contribution in [0.25, 0.3) is 21.7 Å². The Kier molecular flexibility index (Phi) is 4.37. The SMILES string of the molecule is CCOc1ccc2[nH]c(=O)c([C@@H]3C(C#N)=C(N)Oc4c3ccc3ccccc43)cc2c1. The van der Waals surface area contributed by atoms with Crippen LogP contribution >= 0.6 is 0 Å². The second-order valence-electron chi connectivity index (χ2n) is 7.37. The molecule has 31 heavy (non-hydrogen) atoms. The highest BCUT2D eigenvalue weighted by atomic mass is 16.5. The van der Waals surface area contributed by atoms with Gasteiger partial charge in [-0.3, -0.25) is 4.79 Å². The molecular formula is C25H19N3O3. The van der Waals surface area contributed by atoms with E-state index >= 15 is 0 Å². The van der Waals surface area contributed by atoms with E-state index in [1.165, 1.54) is 0 Å². The summed E-state index contributed by atoms with van der Waals surface area (Å²) < 4.78 is 11.5. The van der Waals surface area contributed by atoms with Crippen molar-refractivity contribution in [1.29, 1.82) is 5.26 Å². The Morgan fingerprint density at radius 3 is 2.74 bits per heavy atom. The van der Waals surface area contributed by atoms with Crippen LogP contribution in [-0.2, 0) is 0 Å². The molecule has 0 saturated carbocycles. The third kappa shape index (κ3) is 2.99. The fourth-order valence-corrected chi connectivity index (χ4v) is 4.18. The molecule has 0 spiro atoms. The number of benzene rings is 3. The monoisotopic (exact) mass is 409 g/mol. The molecule has 1 aliphatic heterocycles. The lowest BCUT2D eigenvalue weighted by Gasteiger charge is -2.27. The number of hydrogen-bond acceptors (Lipinski definition) is 5. The first-order chi connectivity index (χ1) is 15.1. The number of H-pyrrole nitrogens is 1. The summed E-state index contributed by atoms with van der Waals surface area (Å²) in [5.41, 5.74) is 7.95. The van der Waals surface area contributed by atoms with Crippen LogP contribution in [0.1, 0.15) is 24.0 Å². The third-order valence-corrected chi connectivity index (χ3v) is 5.57.